The molecule has 0 aromatic heterocycles. The average Bonchev–Trinajstić information content (AvgIpc) is 2.15. The second-order valence-corrected chi connectivity index (χ2v) is 4.88. The van der Waals surface area contributed by atoms with Crippen molar-refractivity contribution in [1.82, 2.24) is 5.32 Å². The first kappa shape index (κ1) is 14.5. The maximum atomic E-state index is 3.24. The van der Waals surface area contributed by atoms with E-state index in [1.54, 1.807) is 0 Å². The van der Waals surface area contributed by atoms with E-state index in [2.05, 4.69) is 57.3 Å². The van der Waals surface area contributed by atoms with Gasteiger partial charge in [0.1, 0.15) is 0 Å². The van der Waals surface area contributed by atoms with Crippen LogP contribution in [-0.2, 0) is 5.41 Å². The molecule has 0 fully saturated rings. The minimum atomic E-state index is 0. The van der Waals surface area contributed by atoms with Gasteiger partial charge in [0.05, 0.1) is 0 Å². The Morgan fingerprint density at radius 1 is 1.07 bits per heavy atom. The van der Waals surface area contributed by atoms with Crippen LogP contribution in [0.5, 0.6) is 0 Å². The number of rotatable bonds is 2. The first-order chi connectivity index (χ1) is 6.45. The second-order valence-electron chi connectivity index (χ2n) is 4.88. The van der Waals surface area contributed by atoms with Gasteiger partial charge in [-0.15, -0.1) is 12.4 Å². The summed E-state index contributed by atoms with van der Waals surface area (Å²) in [5.74, 6) is 0. The molecule has 2 heteroatoms. The minimum Gasteiger partial charge on any atom is -0.313 e. The molecule has 0 aliphatic carbocycles. The third kappa shape index (κ3) is 3.84. The summed E-state index contributed by atoms with van der Waals surface area (Å²) in [4.78, 5) is 0. The molecular formula is C13H22ClN. The van der Waals surface area contributed by atoms with Gasteiger partial charge in [-0.2, -0.15) is 0 Å². The first-order valence-electron chi connectivity index (χ1n) is 5.23. The summed E-state index contributed by atoms with van der Waals surface area (Å²) in [5, 5.41) is 3.24. The van der Waals surface area contributed by atoms with Crippen molar-refractivity contribution >= 4 is 12.4 Å². The van der Waals surface area contributed by atoms with E-state index in [4.69, 9.17) is 0 Å². The van der Waals surface area contributed by atoms with Gasteiger partial charge in [0.25, 0.3) is 0 Å². The van der Waals surface area contributed by atoms with Crippen LogP contribution in [0.4, 0.5) is 0 Å². The number of hydrogen-bond acceptors (Lipinski definition) is 1. The summed E-state index contributed by atoms with van der Waals surface area (Å²) in [6, 6.07) is 9.31. The van der Waals surface area contributed by atoms with E-state index in [1.165, 1.54) is 11.1 Å². The Hall–Kier alpha value is -0.530. The van der Waals surface area contributed by atoms with Crippen molar-refractivity contribution in [3.05, 3.63) is 35.4 Å². The standard InChI is InChI=1S/C13H21N.ClH/c1-10(14-5)11-6-8-12(9-7-11)13(2,3)4;/h6-10,14H,1-5H3;1H/t10-;/m1./s1. The molecule has 0 aliphatic heterocycles. The number of nitrogens with one attached hydrogen (secondary N) is 1. The molecule has 1 aromatic rings. The van der Waals surface area contributed by atoms with Gasteiger partial charge in [0.2, 0.25) is 0 Å². The zero-order valence-electron chi connectivity index (χ0n) is 10.3. The Labute approximate surface area is 99.7 Å². The van der Waals surface area contributed by atoms with Crippen molar-refractivity contribution in [2.75, 3.05) is 7.05 Å². The quantitative estimate of drug-likeness (QED) is 0.813. The van der Waals surface area contributed by atoms with Crippen molar-refractivity contribution in [2.24, 2.45) is 0 Å². The molecule has 0 radical (unpaired) electrons. The van der Waals surface area contributed by atoms with Crippen molar-refractivity contribution < 1.29 is 0 Å². The zero-order chi connectivity index (χ0) is 10.8. The highest BCUT2D eigenvalue weighted by Gasteiger charge is 2.13. The molecule has 86 valence electrons. The zero-order valence-corrected chi connectivity index (χ0v) is 11.1. The van der Waals surface area contributed by atoms with Gasteiger partial charge in [-0.25, -0.2) is 0 Å². The first-order valence-corrected chi connectivity index (χ1v) is 5.23. The summed E-state index contributed by atoms with van der Waals surface area (Å²) >= 11 is 0. The van der Waals surface area contributed by atoms with E-state index in [1.807, 2.05) is 7.05 Å². The third-order valence-corrected chi connectivity index (χ3v) is 2.71. The smallest absolute Gasteiger partial charge is 0.0289 e. The highest BCUT2D eigenvalue weighted by Crippen LogP contribution is 2.23. The maximum Gasteiger partial charge on any atom is 0.0289 e. The molecule has 15 heavy (non-hydrogen) atoms. The minimum absolute atomic E-state index is 0. The lowest BCUT2D eigenvalue weighted by Gasteiger charge is -2.20. The molecule has 0 aliphatic rings. The van der Waals surface area contributed by atoms with E-state index in [9.17, 15) is 0 Å². The molecule has 0 saturated heterocycles. The van der Waals surface area contributed by atoms with Gasteiger partial charge in [-0.3, -0.25) is 0 Å². The van der Waals surface area contributed by atoms with Crippen molar-refractivity contribution in [1.29, 1.82) is 0 Å². The largest absolute Gasteiger partial charge is 0.313 e. The highest BCUT2D eigenvalue weighted by molar-refractivity contribution is 5.85. The predicted octanol–water partition coefficient (Wildman–Crippen LogP) is 3.69. The molecule has 1 N–H and O–H groups in total. The molecule has 0 spiro atoms. The van der Waals surface area contributed by atoms with Crippen LogP contribution < -0.4 is 5.32 Å². The molecule has 1 atom stereocenters. The fourth-order valence-corrected chi connectivity index (χ4v) is 1.44. The van der Waals surface area contributed by atoms with Crippen molar-refractivity contribution in [3.8, 4) is 0 Å². The van der Waals surface area contributed by atoms with Gasteiger partial charge < -0.3 is 5.32 Å². The fourth-order valence-electron chi connectivity index (χ4n) is 1.44. The average molecular weight is 228 g/mol. The van der Waals surface area contributed by atoms with Crippen LogP contribution >= 0.6 is 12.4 Å². The molecule has 1 rings (SSSR count). The Kier molecular flexibility index (Phi) is 5.33. The van der Waals surface area contributed by atoms with Gasteiger partial charge >= 0.3 is 0 Å². The predicted molar refractivity (Wildman–Crippen MR) is 69.9 cm³/mol. The SMILES string of the molecule is CN[C@H](C)c1ccc(C(C)(C)C)cc1.Cl. The van der Waals surface area contributed by atoms with Crippen molar-refractivity contribution in [3.63, 3.8) is 0 Å². The lowest BCUT2D eigenvalue weighted by atomic mass is 9.86. The monoisotopic (exact) mass is 227 g/mol. The van der Waals surface area contributed by atoms with E-state index >= 15 is 0 Å². The molecule has 0 saturated carbocycles. The Bertz CT molecular complexity index is 284. The third-order valence-electron chi connectivity index (χ3n) is 2.71. The molecule has 1 aromatic carbocycles. The molecule has 1 nitrogen and oxygen atoms in total. The summed E-state index contributed by atoms with van der Waals surface area (Å²) in [7, 11) is 1.99. The lowest BCUT2D eigenvalue weighted by molar-refractivity contribution is 0.588. The van der Waals surface area contributed by atoms with Crippen LogP contribution in [-0.4, -0.2) is 7.05 Å². The van der Waals surface area contributed by atoms with Crippen molar-refractivity contribution in [2.45, 2.75) is 39.2 Å². The number of halogens is 1. The second kappa shape index (κ2) is 5.53. The van der Waals surface area contributed by atoms with Gasteiger partial charge in [0.15, 0.2) is 0 Å². The van der Waals surface area contributed by atoms with Gasteiger partial charge in [-0.05, 0) is 30.5 Å². The highest BCUT2D eigenvalue weighted by atomic mass is 35.5. The van der Waals surface area contributed by atoms with E-state index in [0.717, 1.165) is 0 Å². The Balaban J connectivity index is 0.00000196. The normalized spacial score (nSPS) is 13.1. The van der Waals surface area contributed by atoms with E-state index < -0.39 is 0 Å². The summed E-state index contributed by atoms with van der Waals surface area (Å²) in [6.45, 7) is 8.89. The molecule has 0 unspecified atom stereocenters. The topological polar surface area (TPSA) is 12.0 Å². The maximum absolute atomic E-state index is 3.24. The van der Waals surface area contributed by atoms with Crippen LogP contribution in [0.15, 0.2) is 24.3 Å². The summed E-state index contributed by atoms with van der Waals surface area (Å²) < 4.78 is 0. The summed E-state index contributed by atoms with van der Waals surface area (Å²) in [6.07, 6.45) is 0. The molecule has 0 amide bonds. The summed E-state index contributed by atoms with van der Waals surface area (Å²) in [5.41, 5.74) is 2.99. The van der Waals surface area contributed by atoms with Crippen LogP contribution in [0.3, 0.4) is 0 Å². The molecular weight excluding hydrogens is 206 g/mol. The van der Waals surface area contributed by atoms with Gasteiger partial charge in [-0.1, -0.05) is 45.0 Å². The van der Waals surface area contributed by atoms with E-state index in [0.29, 0.717) is 6.04 Å². The number of benzene rings is 1. The fraction of sp³-hybridized carbons (Fsp3) is 0.538. The Morgan fingerprint density at radius 3 is 1.87 bits per heavy atom. The van der Waals surface area contributed by atoms with Crippen LogP contribution in [0, 0.1) is 0 Å². The van der Waals surface area contributed by atoms with Crippen LogP contribution in [0.2, 0.25) is 0 Å². The molecule has 0 bridgehead atoms. The number of hydrogen-bond donors (Lipinski definition) is 1. The van der Waals surface area contributed by atoms with Crippen LogP contribution in [0.1, 0.15) is 44.9 Å². The lowest BCUT2D eigenvalue weighted by Crippen LogP contribution is -2.14. The van der Waals surface area contributed by atoms with E-state index in [-0.39, 0.29) is 17.8 Å². The Morgan fingerprint density at radius 2 is 1.53 bits per heavy atom. The van der Waals surface area contributed by atoms with Gasteiger partial charge in [0, 0.05) is 6.04 Å². The van der Waals surface area contributed by atoms with Crippen LogP contribution in [0.25, 0.3) is 0 Å². The molecule has 0 heterocycles.